The molecule has 1 unspecified atom stereocenters. The van der Waals surface area contributed by atoms with Gasteiger partial charge in [-0.1, -0.05) is 36.4 Å². The van der Waals surface area contributed by atoms with E-state index in [1.165, 1.54) is 11.6 Å². The molecule has 1 atom stereocenters. The van der Waals surface area contributed by atoms with E-state index < -0.39 is 0 Å². The average Bonchev–Trinajstić information content (AvgIpc) is 2.40. The van der Waals surface area contributed by atoms with Crippen molar-refractivity contribution in [2.75, 3.05) is 0 Å². The Balaban J connectivity index is 1.99. The fourth-order valence-electron chi connectivity index (χ4n) is 1.77. The lowest BCUT2D eigenvalue weighted by Crippen LogP contribution is -2.18. The van der Waals surface area contributed by atoms with Crippen LogP contribution >= 0.6 is 15.9 Å². The van der Waals surface area contributed by atoms with Crippen LogP contribution in [-0.2, 0) is 6.54 Å². The third kappa shape index (κ3) is 3.40. The SMILES string of the molecule is CC(NCc1ccccc1)c1ccc(F)c(Br)c1. The minimum Gasteiger partial charge on any atom is -0.306 e. The zero-order valence-corrected chi connectivity index (χ0v) is 11.7. The summed E-state index contributed by atoms with van der Waals surface area (Å²) in [5, 5.41) is 3.42. The highest BCUT2D eigenvalue weighted by Gasteiger charge is 2.07. The van der Waals surface area contributed by atoms with E-state index in [1.807, 2.05) is 30.3 Å². The number of hydrogen-bond acceptors (Lipinski definition) is 1. The van der Waals surface area contributed by atoms with Crippen molar-refractivity contribution in [3.05, 3.63) is 69.9 Å². The summed E-state index contributed by atoms with van der Waals surface area (Å²) in [6, 6.07) is 15.5. The Morgan fingerprint density at radius 3 is 2.56 bits per heavy atom. The first-order valence-electron chi connectivity index (χ1n) is 5.89. The summed E-state index contributed by atoms with van der Waals surface area (Å²) in [6.07, 6.45) is 0. The maximum atomic E-state index is 13.1. The van der Waals surface area contributed by atoms with Crippen molar-refractivity contribution in [2.24, 2.45) is 0 Å². The van der Waals surface area contributed by atoms with Gasteiger partial charge in [-0.15, -0.1) is 0 Å². The van der Waals surface area contributed by atoms with Crippen LogP contribution in [0, 0.1) is 5.82 Å². The molecule has 0 saturated heterocycles. The van der Waals surface area contributed by atoms with Crippen LogP contribution in [0.5, 0.6) is 0 Å². The van der Waals surface area contributed by atoms with Gasteiger partial charge in [-0.05, 0) is 46.1 Å². The van der Waals surface area contributed by atoms with Crippen LogP contribution in [0.2, 0.25) is 0 Å². The molecule has 2 aromatic rings. The van der Waals surface area contributed by atoms with Crippen molar-refractivity contribution in [1.29, 1.82) is 0 Å². The zero-order valence-electron chi connectivity index (χ0n) is 10.2. The van der Waals surface area contributed by atoms with Gasteiger partial charge >= 0.3 is 0 Å². The van der Waals surface area contributed by atoms with Crippen LogP contribution in [0.3, 0.4) is 0 Å². The first-order valence-corrected chi connectivity index (χ1v) is 6.68. The number of hydrogen-bond donors (Lipinski definition) is 1. The summed E-state index contributed by atoms with van der Waals surface area (Å²) in [5.41, 5.74) is 2.31. The van der Waals surface area contributed by atoms with Crippen LogP contribution in [0.4, 0.5) is 4.39 Å². The van der Waals surface area contributed by atoms with E-state index in [2.05, 4.69) is 40.3 Å². The molecule has 2 aromatic carbocycles. The van der Waals surface area contributed by atoms with Gasteiger partial charge in [-0.3, -0.25) is 0 Å². The molecule has 2 rings (SSSR count). The summed E-state index contributed by atoms with van der Waals surface area (Å²) in [5.74, 6) is -0.228. The predicted molar refractivity (Wildman–Crippen MR) is 75.8 cm³/mol. The van der Waals surface area contributed by atoms with E-state index in [9.17, 15) is 4.39 Å². The zero-order chi connectivity index (χ0) is 13.0. The standard InChI is InChI=1S/C15H15BrFN/c1-11(13-7-8-15(17)14(16)9-13)18-10-12-5-3-2-4-6-12/h2-9,11,18H,10H2,1H3. The lowest BCUT2D eigenvalue weighted by molar-refractivity contribution is 0.570. The second-order valence-electron chi connectivity index (χ2n) is 4.26. The molecule has 0 amide bonds. The average molecular weight is 308 g/mol. The van der Waals surface area contributed by atoms with Crippen LogP contribution < -0.4 is 5.32 Å². The Bertz CT molecular complexity index is 513. The first kappa shape index (κ1) is 13.2. The molecule has 0 heterocycles. The lowest BCUT2D eigenvalue weighted by atomic mass is 10.1. The van der Waals surface area contributed by atoms with Gasteiger partial charge in [0.2, 0.25) is 0 Å². The van der Waals surface area contributed by atoms with E-state index in [1.54, 1.807) is 0 Å². The normalized spacial score (nSPS) is 12.4. The highest BCUT2D eigenvalue weighted by molar-refractivity contribution is 9.10. The lowest BCUT2D eigenvalue weighted by Gasteiger charge is -2.14. The number of rotatable bonds is 4. The molecule has 18 heavy (non-hydrogen) atoms. The highest BCUT2D eigenvalue weighted by Crippen LogP contribution is 2.21. The Morgan fingerprint density at radius 2 is 1.89 bits per heavy atom. The maximum absolute atomic E-state index is 13.1. The van der Waals surface area contributed by atoms with Crippen molar-refractivity contribution < 1.29 is 4.39 Å². The smallest absolute Gasteiger partial charge is 0.137 e. The Morgan fingerprint density at radius 1 is 1.17 bits per heavy atom. The molecular weight excluding hydrogens is 293 g/mol. The molecule has 0 spiro atoms. The molecule has 0 fully saturated rings. The summed E-state index contributed by atoms with van der Waals surface area (Å²) in [7, 11) is 0. The molecule has 0 aliphatic heterocycles. The van der Waals surface area contributed by atoms with E-state index in [0.29, 0.717) is 4.47 Å². The molecule has 0 aliphatic carbocycles. The largest absolute Gasteiger partial charge is 0.306 e. The van der Waals surface area contributed by atoms with Crippen molar-refractivity contribution in [2.45, 2.75) is 19.5 Å². The second-order valence-corrected chi connectivity index (χ2v) is 5.12. The van der Waals surface area contributed by atoms with E-state index in [4.69, 9.17) is 0 Å². The molecular formula is C15H15BrFN. The van der Waals surface area contributed by atoms with Crippen molar-refractivity contribution in [3.8, 4) is 0 Å². The number of halogens is 2. The fourth-order valence-corrected chi connectivity index (χ4v) is 2.16. The minimum absolute atomic E-state index is 0.183. The predicted octanol–water partition coefficient (Wildman–Crippen LogP) is 4.44. The molecule has 0 bridgehead atoms. The van der Waals surface area contributed by atoms with Gasteiger partial charge in [0.1, 0.15) is 5.82 Å². The van der Waals surface area contributed by atoms with Crippen molar-refractivity contribution in [1.82, 2.24) is 5.32 Å². The first-order chi connectivity index (χ1) is 8.66. The maximum Gasteiger partial charge on any atom is 0.137 e. The monoisotopic (exact) mass is 307 g/mol. The molecule has 0 radical (unpaired) electrons. The third-order valence-electron chi connectivity index (χ3n) is 2.90. The minimum atomic E-state index is -0.228. The molecule has 1 nitrogen and oxygen atoms in total. The van der Waals surface area contributed by atoms with Crippen LogP contribution in [-0.4, -0.2) is 0 Å². The number of nitrogens with one attached hydrogen (secondary N) is 1. The topological polar surface area (TPSA) is 12.0 Å². The van der Waals surface area contributed by atoms with E-state index in [-0.39, 0.29) is 11.9 Å². The Labute approximate surface area is 115 Å². The summed E-state index contributed by atoms with van der Waals surface area (Å²) >= 11 is 3.21. The molecule has 0 saturated carbocycles. The van der Waals surface area contributed by atoms with E-state index >= 15 is 0 Å². The molecule has 3 heteroatoms. The van der Waals surface area contributed by atoms with Gasteiger partial charge in [-0.25, -0.2) is 4.39 Å². The van der Waals surface area contributed by atoms with Gasteiger partial charge in [0.25, 0.3) is 0 Å². The summed E-state index contributed by atoms with van der Waals surface area (Å²) in [4.78, 5) is 0. The van der Waals surface area contributed by atoms with Crippen LogP contribution in [0.1, 0.15) is 24.1 Å². The van der Waals surface area contributed by atoms with Crippen LogP contribution in [0.15, 0.2) is 53.0 Å². The van der Waals surface area contributed by atoms with Gasteiger partial charge in [-0.2, -0.15) is 0 Å². The van der Waals surface area contributed by atoms with E-state index in [0.717, 1.165) is 12.1 Å². The molecule has 0 aliphatic rings. The Kier molecular flexibility index (Phi) is 4.50. The van der Waals surface area contributed by atoms with Crippen molar-refractivity contribution in [3.63, 3.8) is 0 Å². The molecule has 94 valence electrons. The fraction of sp³-hybridized carbons (Fsp3) is 0.200. The van der Waals surface area contributed by atoms with Gasteiger partial charge < -0.3 is 5.32 Å². The van der Waals surface area contributed by atoms with Gasteiger partial charge in [0.05, 0.1) is 4.47 Å². The van der Waals surface area contributed by atoms with Crippen molar-refractivity contribution >= 4 is 15.9 Å². The number of benzene rings is 2. The van der Waals surface area contributed by atoms with Crippen LogP contribution in [0.25, 0.3) is 0 Å². The highest BCUT2D eigenvalue weighted by atomic mass is 79.9. The molecule has 0 aromatic heterocycles. The summed E-state index contributed by atoms with van der Waals surface area (Å²) < 4.78 is 13.7. The van der Waals surface area contributed by atoms with Gasteiger partial charge in [0, 0.05) is 12.6 Å². The Hall–Kier alpha value is -1.19. The second kappa shape index (κ2) is 6.12. The third-order valence-corrected chi connectivity index (χ3v) is 3.51. The summed E-state index contributed by atoms with van der Waals surface area (Å²) in [6.45, 7) is 2.87. The quantitative estimate of drug-likeness (QED) is 0.880. The molecule has 1 N–H and O–H groups in total. The van der Waals surface area contributed by atoms with Gasteiger partial charge in [0.15, 0.2) is 0 Å².